The van der Waals surface area contributed by atoms with Crippen LogP contribution in [0.5, 0.6) is 0 Å². The number of hydrogen-bond donors (Lipinski definition) is 0. The first-order valence-corrected chi connectivity index (χ1v) is 7.38. The first kappa shape index (κ1) is 12.4. The van der Waals surface area contributed by atoms with Gasteiger partial charge in [-0.2, -0.15) is 0 Å². The highest BCUT2D eigenvalue weighted by molar-refractivity contribution is 7.22. The summed E-state index contributed by atoms with van der Waals surface area (Å²) in [5.74, 6) is -0.0866. The number of benzene rings is 1. The highest BCUT2D eigenvalue weighted by Gasteiger charge is 2.31. The van der Waals surface area contributed by atoms with Gasteiger partial charge in [0.25, 0.3) is 0 Å². The van der Waals surface area contributed by atoms with Crippen LogP contribution in [0.4, 0.5) is 5.13 Å². The quantitative estimate of drug-likeness (QED) is 0.805. The SMILES string of the molecule is CCCC(=O)OC1CN(c2nc3ccccc3s2)C1. The van der Waals surface area contributed by atoms with Crippen molar-refractivity contribution in [3.8, 4) is 0 Å². The number of fused-ring (bicyclic) bond motifs is 1. The lowest BCUT2D eigenvalue weighted by Gasteiger charge is -2.38. The Kier molecular flexibility index (Phi) is 3.38. The molecule has 2 aromatic rings. The van der Waals surface area contributed by atoms with Crippen molar-refractivity contribution in [3.63, 3.8) is 0 Å². The van der Waals surface area contributed by atoms with Crippen LogP contribution in [0, 0.1) is 0 Å². The second kappa shape index (κ2) is 5.17. The van der Waals surface area contributed by atoms with E-state index in [1.165, 1.54) is 4.70 Å². The van der Waals surface area contributed by atoms with Gasteiger partial charge in [-0.25, -0.2) is 4.98 Å². The van der Waals surface area contributed by atoms with Gasteiger partial charge in [-0.1, -0.05) is 30.4 Å². The van der Waals surface area contributed by atoms with E-state index in [9.17, 15) is 4.79 Å². The van der Waals surface area contributed by atoms with E-state index in [4.69, 9.17) is 4.74 Å². The van der Waals surface area contributed by atoms with Gasteiger partial charge in [0, 0.05) is 6.42 Å². The minimum atomic E-state index is -0.0866. The summed E-state index contributed by atoms with van der Waals surface area (Å²) < 4.78 is 6.55. The monoisotopic (exact) mass is 276 g/mol. The van der Waals surface area contributed by atoms with Crippen LogP contribution in [-0.2, 0) is 9.53 Å². The zero-order chi connectivity index (χ0) is 13.2. The van der Waals surface area contributed by atoms with E-state index in [-0.39, 0.29) is 12.1 Å². The van der Waals surface area contributed by atoms with Gasteiger partial charge in [0.15, 0.2) is 5.13 Å². The van der Waals surface area contributed by atoms with Crippen molar-refractivity contribution in [1.82, 2.24) is 4.98 Å². The molecule has 1 aliphatic rings. The fourth-order valence-corrected chi connectivity index (χ4v) is 3.10. The molecule has 0 N–H and O–H groups in total. The molecule has 2 heterocycles. The molecule has 0 spiro atoms. The van der Waals surface area contributed by atoms with E-state index in [0.29, 0.717) is 6.42 Å². The third kappa shape index (κ3) is 2.56. The Hall–Kier alpha value is -1.62. The van der Waals surface area contributed by atoms with Crippen LogP contribution in [0.3, 0.4) is 0 Å². The number of carbonyl (C=O) groups is 1. The molecule has 0 saturated carbocycles. The maximum Gasteiger partial charge on any atom is 0.306 e. The van der Waals surface area contributed by atoms with Gasteiger partial charge in [0.2, 0.25) is 0 Å². The number of anilines is 1. The Morgan fingerprint density at radius 2 is 2.26 bits per heavy atom. The van der Waals surface area contributed by atoms with Crippen LogP contribution in [0.25, 0.3) is 10.2 Å². The number of esters is 1. The average Bonchev–Trinajstić information content (AvgIpc) is 2.76. The molecule has 1 aromatic heterocycles. The Bertz CT molecular complexity index is 557. The number of rotatable bonds is 4. The molecule has 0 radical (unpaired) electrons. The molecule has 19 heavy (non-hydrogen) atoms. The van der Waals surface area contributed by atoms with Crippen molar-refractivity contribution in [1.29, 1.82) is 0 Å². The van der Waals surface area contributed by atoms with Crippen molar-refractivity contribution in [2.24, 2.45) is 0 Å². The zero-order valence-corrected chi connectivity index (χ0v) is 11.7. The number of ether oxygens (including phenoxy) is 1. The molecule has 1 fully saturated rings. The van der Waals surface area contributed by atoms with Crippen LogP contribution in [-0.4, -0.2) is 30.1 Å². The van der Waals surface area contributed by atoms with Gasteiger partial charge in [-0.3, -0.25) is 4.79 Å². The molecule has 100 valence electrons. The smallest absolute Gasteiger partial charge is 0.306 e. The Morgan fingerprint density at radius 3 is 3.00 bits per heavy atom. The molecule has 4 nitrogen and oxygen atoms in total. The lowest BCUT2D eigenvalue weighted by atomic mass is 10.2. The Morgan fingerprint density at radius 1 is 1.47 bits per heavy atom. The van der Waals surface area contributed by atoms with Crippen molar-refractivity contribution in [2.45, 2.75) is 25.9 Å². The van der Waals surface area contributed by atoms with Gasteiger partial charge in [-0.15, -0.1) is 0 Å². The minimum Gasteiger partial charge on any atom is -0.459 e. The van der Waals surface area contributed by atoms with Gasteiger partial charge in [0.1, 0.15) is 6.10 Å². The maximum absolute atomic E-state index is 11.4. The third-order valence-electron chi connectivity index (χ3n) is 3.15. The highest BCUT2D eigenvalue weighted by atomic mass is 32.1. The number of aromatic nitrogens is 1. The van der Waals surface area contributed by atoms with E-state index in [2.05, 4.69) is 16.0 Å². The van der Waals surface area contributed by atoms with Crippen molar-refractivity contribution >= 4 is 32.7 Å². The lowest BCUT2D eigenvalue weighted by Crippen LogP contribution is -2.53. The molecule has 5 heteroatoms. The summed E-state index contributed by atoms with van der Waals surface area (Å²) in [4.78, 5) is 18.1. The summed E-state index contributed by atoms with van der Waals surface area (Å²) in [6.45, 7) is 3.50. The largest absolute Gasteiger partial charge is 0.459 e. The predicted molar refractivity (Wildman–Crippen MR) is 76.6 cm³/mol. The van der Waals surface area contributed by atoms with E-state index >= 15 is 0 Å². The molecule has 0 aliphatic carbocycles. The molecule has 1 aliphatic heterocycles. The van der Waals surface area contributed by atoms with Crippen molar-refractivity contribution < 1.29 is 9.53 Å². The first-order valence-electron chi connectivity index (χ1n) is 6.56. The number of thiazole rings is 1. The zero-order valence-electron chi connectivity index (χ0n) is 10.8. The molecule has 0 unspecified atom stereocenters. The fourth-order valence-electron chi connectivity index (χ4n) is 2.11. The molecule has 0 atom stereocenters. The third-order valence-corrected chi connectivity index (χ3v) is 4.25. The fraction of sp³-hybridized carbons (Fsp3) is 0.429. The van der Waals surface area contributed by atoms with Crippen LogP contribution < -0.4 is 4.90 Å². The topological polar surface area (TPSA) is 42.4 Å². The van der Waals surface area contributed by atoms with Crippen LogP contribution in [0.1, 0.15) is 19.8 Å². The lowest BCUT2D eigenvalue weighted by molar-refractivity contribution is -0.150. The van der Waals surface area contributed by atoms with Gasteiger partial charge in [0.05, 0.1) is 23.3 Å². The standard InChI is InChI=1S/C14H16N2O2S/c1-2-5-13(17)18-10-8-16(9-10)14-15-11-6-3-4-7-12(11)19-14/h3-4,6-7,10H,2,5,8-9H2,1H3. The number of hydrogen-bond acceptors (Lipinski definition) is 5. The Balaban J connectivity index is 1.59. The normalized spacial score (nSPS) is 15.5. The summed E-state index contributed by atoms with van der Waals surface area (Å²) in [6, 6.07) is 8.12. The van der Waals surface area contributed by atoms with Crippen LogP contribution in [0.15, 0.2) is 24.3 Å². The van der Waals surface area contributed by atoms with E-state index in [0.717, 1.165) is 30.2 Å². The molecule has 0 amide bonds. The summed E-state index contributed by atoms with van der Waals surface area (Å²) in [6.07, 6.45) is 1.39. The summed E-state index contributed by atoms with van der Waals surface area (Å²) >= 11 is 1.69. The van der Waals surface area contributed by atoms with Crippen molar-refractivity contribution in [2.75, 3.05) is 18.0 Å². The number of nitrogens with zero attached hydrogens (tertiary/aromatic N) is 2. The second-order valence-corrected chi connectivity index (χ2v) is 5.74. The van der Waals surface area contributed by atoms with Crippen LogP contribution >= 0.6 is 11.3 Å². The Labute approximate surface area is 116 Å². The maximum atomic E-state index is 11.4. The molecular weight excluding hydrogens is 260 g/mol. The second-order valence-electron chi connectivity index (χ2n) is 4.73. The van der Waals surface area contributed by atoms with Gasteiger partial charge in [-0.05, 0) is 18.6 Å². The highest BCUT2D eigenvalue weighted by Crippen LogP contribution is 2.31. The van der Waals surface area contributed by atoms with Gasteiger partial charge >= 0.3 is 5.97 Å². The van der Waals surface area contributed by atoms with Gasteiger partial charge < -0.3 is 9.64 Å². The summed E-state index contributed by atoms with van der Waals surface area (Å²) in [7, 11) is 0. The minimum absolute atomic E-state index is 0.0334. The molecule has 3 rings (SSSR count). The first-order chi connectivity index (χ1) is 9.26. The number of carbonyl (C=O) groups excluding carboxylic acids is 1. The summed E-state index contributed by atoms with van der Waals surface area (Å²) in [5, 5.41) is 1.02. The molecular formula is C14H16N2O2S. The van der Waals surface area contributed by atoms with E-state index < -0.39 is 0 Å². The molecule has 0 bridgehead atoms. The van der Waals surface area contributed by atoms with Crippen molar-refractivity contribution in [3.05, 3.63) is 24.3 Å². The van der Waals surface area contributed by atoms with E-state index in [1.807, 2.05) is 25.1 Å². The molecule has 1 saturated heterocycles. The summed E-state index contributed by atoms with van der Waals surface area (Å²) in [5.41, 5.74) is 1.04. The van der Waals surface area contributed by atoms with Crippen LogP contribution in [0.2, 0.25) is 0 Å². The van der Waals surface area contributed by atoms with E-state index in [1.54, 1.807) is 11.3 Å². The predicted octanol–water partition coefficient (Wildman–Crippen LogP) is 2.83. The number of para-hydroxylation sites is 1. The average molecular weight is 276 g/mol. The molecule has 1 aromatic carbocycles.